The van der Waals surface area contributed by atoms with Crippen LogP contribution in [0.2, 0.25) is 0 Å². The molecule has 2 heterocycles. The van der Waals surface area contributed by atoms with Crippen LogP contribution in [0.25, 0.3) is 6.08 Å². The molecule has 1 aliphatic rings. The Morgan fingerprint density at radius 2 is 1.69 bits per heavy atom. The van der Waals surface area contributed by atoms with Crippen LogP contribution in [0.5, 0.6) is 0 Å². The van der Waals surface area contributed by atoms with Gasteiger partial charge in [0.15, 0.2) is 5.17 Å². The molecule has 0 unspecified atom stereocenters. The maximum absolute atomic E-state index is 13.0. The number of hydrogen-bond donors (Lipinski definition) is 0. The minimum absolute atomic E-state index is 0.0649. The molecule has 1 saturated heterocycles. The van der Waals surface area contributed by atoms with Gasteiger partial charge in [0.2, 0.25) is 0 Å². The van der Waals surface area contributed by atoms with Gasteiger partial charge < -0.3 is 4.42 Å². The fraction of sp³-hybridized carbons (Fsp3) is 0.0476. The molecule has 4 nitrogen and oxygen atoms in total. The van der Waals surface area contributed by atoms with Crippen molar-refractivity contribution in [1.82, 2.24) is 4.90 Å². The van der Waals surface area contributed by atoms with Crippen molar-refractivity contribution >= 4 is 34.6 Å². The lowest BCUT2D eigenvalue weighted by atomic mass is 10.2. The van der Waals surface area contributed by atoms with Crippen molar-refractivity contribution in [2.45, 2.75) is 6.54 Å². The van der Waals surface area contributed by atoms with Gasteiger partial charge in [-0.25, -0.2) is 4.99 Å². The fourth-order valence-corrected chi connectivity index (χ4v) is 3.60. The van der Waals surface area contributed by atoms with E-state index >= 15 is 0 Å². The van der Waals surface area contributed by atoms with Gasteiger partial charge in [0.1, 0.15) is 5.76 Å². The van der Waals surface area contributed by atoms with Crippen LogP contribution in [0.15, 0.2) is 93.4 Å². The van der Waals surface area contributed by atoms with Gasteiger partial charge in [-0.3, -0.25) is 9.69 Å². The number of aliphatic imine (C=N–C) groups is 1. The van der Waals surface area contributed by atoms with E-state index in [1.54, 1.807) is 11.2 Å². The molecule has 0 N–H and O–H groups in total. The summed E-state index contributed by atoms with van der Waals surface area (Å²) in [7, 11) is 0. The van der Waals surface area contributed by atoms with Crippen LogP contribution in [-0.4, -0.2) is 16.0 Å². The second-order valence-corrected chi connectivity index (χ2v) is 6.73. The molecule has 0 spiro atoms. The SMILES string of the molecule is O=C1/C(=C/c2ccccc2)S/C(=N\c2ccccc2)N1Cc1ccco1. The van der Waals surface area contributed by atoms with E-state index < -0.39 is 0 Å². The molecule has 2 aromatic carbocycles. The second kappa shape index (κ2) is 7.45. The summed E-state index contributed by atoms with van der Waals surface area (Å²) in [6.07, 6.45) is 3.51. The van der Waals surface area contributed by atoms with Crippen LogP contribution in [0.1, 0.15) is 11.3 Å². The molecule has 5 heteroatoms. The summed E-state index contributed by atoms with van der Waals surface area (Å²) >= 11 is 1.38. The summed E-state index contributed by atoms with van der Waals surface area (Å²) in [5.74, 6) is 0.658. The zero-order valence-corrected chi connectivity index (χ0v) is 14.7. The van der Waals surface area contributed by atoms with E-state index in [2.05, 4.69) is 4.99 Å². The first-order valence-corrected chi connectivity index (χ1v) is 9.04. The first-order chi connectivity index (χ1) is 12.8. The van der Waals surface area contributed by atoms with E-state index in [0.717, 1.165) is 17.0 Å². The van der Waals surface area contributed by atoms with Crippen LogP contribution in [-0.2, 0) is 11.3 Å². The first kappa shape index (κ1) is 16.4. The number of amides is 1. The average molecular weight is 360 g/mol. The Balaban J connectivity index is 1.69. The van der Waals surface area contributed by atoms with Crippen LogP contribution >= 0.6 is 11.8 Å². The second-order valence-electron chi connectivity index (χ2n) is 5.72. The number of furan rings is 1. The van der Waals surface area contributed by atoms with E-state index in [9.17, 15) is 4.79 Å². The quantitative estimate of drug-likeness (QED) is 0.609. The summed E-state index contributed by atoms with van der Waals surface area (Å²) in [6, 6.07) is 23.1. The normalized spacial score (nSPS) is 17.4. The molecule has 0 radical (unpaired) electrons. The molecule has 0 atom stereocenters. The predicted molar refractivity (Wildman–Crippen MR) is 105 cm³/mol. The third-order valence-electron chi connectivity index (χ3n) is 3.86. The van der Waals surface area contributed by atoms with Gasteiger partial charge in [-0.1, -0.05) is 48.5 Å². The Bertz CT molecular complexity index is 948. The maximum atomic E-state index is 13.0. The topological polar surface area (TPSA) is 45.8 Å². The molecule has 1 fully saturated rings. The van der Waals surface area contributed by atoms with Gasteiger partial charge in [0, 0.05) is 0 Å². The van der Waals surface area contributed by atoms with Crippen molar-refractivity contribution in [2.24, 2.45) is 4.99 Å². The molecule has 1 aliphatic heterocycles. The number of carbonyl (C=O) groups excluding carboxylic acids is 1. The zero-order chi connectivity index (χ0) is 17.8. The lowest BCUT2D eigenvalue weighted by Gasteiger charge is -2.13. The van der Waals surface area contributed by atoms with Crippen LogP contribution in [0.4, 0.5) is 5.69 Å². The minimum Gasteiger partial charge on any atom is -0.467 e. The smallest absolute Gasteiger partial charge is 0.267 e. The number of rotatable bonds is 4. The average Bonchev–Trinajstić information content (AvgIpc) is 3.28. The Labute approximate surface area is 155 Å². The highest BCUT2D eigenvalue weighted by molar-refractivity contribution is 8.18. The van der Waals surface area contributed by atoms with E-state index in [1.807, 2.05) is 78.9 Å². The van der Waals surface area contributed by atoms with E-state index in [4.69, 9.17) is 4.42 Å². The maximum Gasteiger partial charge on any atom is 0.267 e. The van der Waals surface area contributed by atoms with Gasteiger partial charge in [0.25, 0.3) is 5.91 Å². The summed E-state index contributed by atoms with van der Waals surface area (Å²) < 4.78 is 5.42. The Morgan fingerprint density at radius 1 is 0.962 bits per heavy atom. The van der Waals surface area contributed by atoms with Gasteiger partial charge in [0.05, 0.1) is 23.4 Å². The zero-order valence-electron chi connectivity index (χ0n) is 13.9. The third kappa shape index (κ3) is 3.63. The third-order valence-corrected chi connectivity index (χ3v) is 4.87. The lowest BCUT2D eigenvalue weighted by molar-refractivity contribution is -0.122. The first-order valence-electron chi connectivity index (χ1n) is 8.22. The number of carbonyl (C=O) groups is 1. The van der Waals surface area contributed by atoms with E-state index in [1.165, 1.54) is 11.8 Å². The number of para-hydroxylation sites is 1. The molecule has 26 heavy (non-hydrogen) atoms. The summed E-state index contributed by atoms with van der Waals surface area (Å²) in [4.78, 5) is 19.9. The van der Waals surface area contributed by atoms with E-state index in [0.29, 0.717) is 16.6 Å². The van der Waals surface area contributed by atoms with Crippen LogP contribution in [0.3, 0.4) is 0 Å². The van der Waals surface area contributed by atoms with Gasteiger partial charge in [-0.15, -0.1) is 0 Å². The van der Waals surface area contributed by atoms with E-state index in [-0.39, 0.29) is 5.91 Å². The number of hydrogen-bond acceptors (Lipinski definition) is 4. The largest absolute Gasteiger partial charge is 0.467 e. The van der Waals surface area contributed by atoms with Crippen molar-refractivity contribution in [1.29, 1.82) is 0 Å². The van der Waals surface area contributed by atoms with Crippen molar-refractivity contribution in [2.75, 3.05) is 0 Å². The molecule has 0 aliphatic carbocycles. The Kier molecular flexibility index (Phi) is 4.71. The number of thioether (sulfide) groups is 1. The van der Waals surface area contributed by atoms with Gasteiger partial charge >= 0.3 is 0 Å². The monoisotopic (exact) mass is 360 g/mol. The molecule has 1 aromatic heterocycles. The number of amidine groups is 1. The molecule has 4 rings (SSSR count). The minimum atomic E-state index is -0.0649. The number of nitrogens with zero attached hydrogens (tertiary/aromatic N) is 2. The predicted octanol–water partition coefficient (Wildman–Crippen LogP) is 5.08. The molecule has 128 valence electrons. The summed E-state index contributed by atoms with van der Waals surface area (Å²) in [6.45, 7) is 0.358. The molecule has 0 saturated carbocycles. The highest BCUT2D eigenvalue weighted by Crippen LogP contribution is 2.35. The number of benzene rings is 2. The summed E-state index contributed by atoms with van der Waals surface area (Å²) in [5.41, 5.74) is 1.80. The van der Waals surface area contributed by atoms with Crippen LogP contribution in [0, 0.1) is 0 Å². The lowest BCUT2D eigenvalue weighted by Crippen LogP contribution is -2.28. The van der Waals surface area contributed by atoms with Crippen molar-refractivity contribution < 1.29 is 9.21 Å². The molecule has 1 amide bonds. The molecular formula is C21H16N2O2S. The fourth-order valence-electron chi connectivity index (χ4n) is 2.60. The van der Waals surface area contributed by atoms with Gasteiger partial charge in [-0.2, -0.15) is 0 Å². The Morgan fingerprint density at radius 3 is 2.38 bits per heavy atom. The van der Waals surface area contributed by atoms with Gasteiger partial charge in [-0.05, 0) is 47.7 Å². The van der Waals surface area contributed by atoms with Crippen molar-refractivity contribution in [3.8, 4) is 0 Å². The Hall–Kier alpha value is -3.05. The molecule has 3 aromatic rings. The highest BCUT2D eigenvalue weighted by Gasteiger charge is 2.34. The van der Waals surface area contributed by atoms with Crippen LogP contribution < -0.4 is 0 Å². The molecular weight excluding hydrogens is 344 g/mol. The van der Waals surface area contributed by atoms with Crippen molar-refractivity contribution in [3.05, 3.63) is 95.3 Å². The van der Waals surface area contributed by atoms with Crippen molar-refractivity contribution in [3.63, 3.8) is 0 Å². The summed E-state index contributed by atoms with van der Waals surface area (Å²) in [5, 5.41) is 0.653. The standard InChI is InChI=1S/C21H16N2O2S/c24-20-19(14-16-8-3-1-4-9-16)26-21(22-17-10-5-2-6-11-17)23(20)15-18-12-7-13-25-18/h1-14H,15H2/b19-14-,22-21-. The molecule has 0 bridgehead atoms. The highest BCUT2D eigenvalue weighted by atomic mass is 32.2.